The van der Waals surface area contributed by atoms with Crippen molar-refractivity contribution in [2.75, 3.05) is 19.0 Å². The Morgan fingerprint density at radius 2 is 1.79 bits per heavy atom. The number of aliphatic carboxylic acids is 1. The van der Waals surface area contributed by atoms with Gasteiger partial charge in [-0.1, -0.05) is 30.3 Å². The molecule has 1 amide bonds. The van der Waals surface area contributed by atoms with Crippen molar-refractivity contribution in [2.24, 2.45) is 0 Å². The zero-order chi connectivity index (χ0) is 23.6. The molecule has 0 spiro atoms. The molecule has 3 aromatic rings. The number of nitrogens with zero attached hydrogens (tertiary/aromatic N) is 1. The number of methoxy groups -OCH3 is 1. The van der Waals surface area contributed by atoms with Gasteiger partial charge in [-0.05, 0) is 48.0 Å². The average Bonchev–Trinajstić information content (AvgIpc) is 2.85. The molecule has 8 nitrogen and oxygen atoms in total. The number of nitriles is 1. The average molecular weight is 444 g/mol. The molecule has 0 aliphatic carbocycles. The van der Waals surface area contributed by atoms with E-state index in [9.17, 15) is 14.7 Å². The summed E-state index contributed by atoms with van der Waals surface area (Å²) in [6, 6.07) is 21.9. The smallest absolute Gasteiger partial charge is 0.247 e. The molecule has 168 valence electrons. The molecule has 0 fully saturated rings. The molecule has 1 atom stereocenters. The molecule has 1 unspecified atom stereocenters. The zero-order valence-electron chi connectivity index (χ0n) is 17.9. The van der Waals surface area contributed by atoms with Crippen molar-refractivity contribution in [3.05, 3.63) is 89.5 Å². The van der Waals surface area contributed by atoms with Crippen LogP contribution in [-0.4, -0.2) is 25.6 Å². The number of nitrogens with one attached hydrogen (secondary N) is 2. The Kier molecular flexibility index (Phi) is 7.86. The second kappa shape index (κ2) is 11.2. The first-order chi connectivity index (χ1) is 16.0. The lowest BCUT2D eigenvalue weighted by Crippen LogP contribution is -2.34. The van der Waals surface area contributed by atoms with Crippen LogP contribution in [0.2, 0.25) is 0 Å². The normalized spacial score (nSPS) is 11.0. The second-order valence-corrected chi connectivity index (χ2v) is 7.03. The quantitative estimate of drug-likeness (QED) is 0.491. The number of hydrogen-bond donors (Lipinski definition) is 2. The van der Waals surface area contributed by atoms with Crippen LogP contribution in [0.4, 0.5) is 5.69 Å². The number of ether oxygens (including phenoxy) is 2. The van der Waals surface area contributed by atoms with Crippen LogP contribution in [0.3, 0.4) is 0 Å². The van der Waals surface area contributed by atoms with Gasteiger partial charge in [-0.2, -0.15) is 5.26 Å². The second-order valence-electron chi connectivity index (χ2n) is 7.03. The molecule has 0 aliphatic rings. The summed E-state index contributed by atoms with van der Waals surface area (Å²) >= 11 is 0. The third-order valence-electron chi connectivity index (χ3n) is 4.77. The molecule has 0 heterocycles. The molecule has 0 bridgehead atoms. The number of carbonyl (C=O) groups is 2. The molecule has 0 aliphatic heterocycles. The number of hydrogen-bond acceptors (Lipinski definition) is 7. The summed E-state index contributed by atoms with van der Waals surface area (Å²) in [6.07, 6.45) is 0. The predicted octanol–water partition coefficient (Wildman–Crippen LogP) is 2.17. The highest BCUT2D eigenvalue weighted by molar-refractivity contribution is 5.87. The summed E-state index contributed by atoms with van der Waals surface area (Å²) in [5.41, 5.74) is 2.36. The number of benzene rings is 3. The predicted molar refractivity (Wildman–Crippen MR) is 119 cm³/mol. The van der Waals surface area contributed by atoms with E-state index in [0.29, 0.717) is 29.1 Å². The standard InChI is InChI=1S/C25H23N3O5/c1-32-20-11-12-22(33-16-23(29)30)21(13-20)24(28-19-9-7-17(14-26)8-10-19)25(31)27-15-18-5-3-2-4-6-18/h2-13,24,28H,15-16H2,1H3,(H,27,31)(H,29,30)/p-1. The van der Waals surface area contributed by atoms with Gasteiger partial charge in [0.15, 0.2) is 0 Å². The summed E-state index contributed by atoms with van der Waals surface area (Å²) in [6.45, 7) is -0.376. The van der Waals surface area contributed by atoms with Crippen LogP contribution < -0.4 is 25.2 Å². The van der Waals surface area contributed by atoms with E-state index in [1.807, 2.05) is 36.4 Å². The molecular formula is C25H22N3O5-. The number of anilines is 1. The van der Waals surface area contributed by atoms with Gasteiger partial charge >= 0.3 is 0 Å². The SMILES string of the molecule is COc1ccc(OCC(=O)[O-])c(C(Nc2ccc(C#N)cc2)C(=O)NCc2ccccc2)c1. The lowest BCUT2D eigenvalue weighted by molar-refractivity contribution is -0.307. The Morgan fingerprint density at radius 1 is 1.06 bits per heavy atom. The van der Waals surface area contributed by atoms with Crippen LogP contribution in [0.5, 0.6) is 11.5 Å². The summed E-state index contributed by atoms with van der Waals surface area (Å²) in [4.78, 5) is 24.2. The van der Waals surface area contributed by atoms with Crippen molar-refractivity contribution in [1.29, 1.82) is 5.26 Å². The monoisotopic (exact) mass is 444 g/mol. The van der Waals surface area contributed by atoms with Crippen molar-refractivity contribution in [2.45, 2.75) is 12.6 Å². The molecule has 0 radical (unpaired) electrons. The highest BCUT2D eigenvalue weighted by atomic mass is 16.5. The van der Waals surface area contributed by atoms with Crippen molar-refractivity contribution in [3.63, 3.8) is 0 Å². The molecule has 3 rings (SSSR count). The lowest BCUT2D eigenvalue weighted by atomic mass is 10.0. The molecule has 0 saturated carbocycles. The van der Waals surface area contributed by atoms with E-state index in [0.717, 1.165) is 5.56 Å². The fourth-order valence-electron chi connectivity index (χ4n) is 3.13. The van der Waals surface area contributed by atoms with Crippen molar-refractivity contribution >= 4 is 17.6 Å². The topological polar surface area (TPSA) is 124 Å². The summed E-state index contributed by atoms with van der Waals surface area (Å²) in [5, 5.41) is 26.0. The van der Waals surface area contributed by atoms with Crippen molar-refractivity contribution < 1.29 is 24.2 Å². The summed E-state index contributed by atoms with van der Waals surface area (Å²) < 4.78 is 10.7. The Hall–Kier alpha value is -4.51. The van der Waals surface area contributed by atoms with Crippen molar-refractivity contribution in [3.8, 4) is 17.6 Å². The third kappa shape index (κ3) is 6.48. The highest BCUT2D eigenvalue weighted by Gasteiger charge is 2.25. The molecular weight excluding hydrogens is 422 g/mol. The number of carboxylic acids is 1. The summed E-state index contributed by atoms with van der Waals surface area (Å²) in [7, 11) is 1.49. The first-order valence-corrected chi connectivity index (χ1v) is 10.1. The number of carbonyl (C=O) groups excluding carboxylic acids is 2. The lowest BCUT2D eigenvalue weighted by Gasteiger charge is -2.23. The largest absolute Gasteiger partial charge is 0.546 e. The number of carboxylic acid groups (broad SMARTS) is 1. The minimum atomic E-state index is -1.39. The number of rotatable bonds is 10. The Balaban J connectivity index is 1.94. The third-order valence-corrected chi connectivity index (χ3v) is 4.77. The Morgan fingerprint density at radius 3 is 2.42 bits per heavy atom. The van der Waals surface area contributed by atoms with E-state index in [1.54, 1.807) is 36.4 Å². The van der Waals surface area contributed by atoms with Gasteiger partial charge in [-0.3, -0.25) is 4.79 Å². The minimum Gasteiger partial charge on any atom is -0.546 e. The first-order valence-electron chi connectivity index (χ1n) is 10.1. The van der Waals surface area contributed by atoms with Crippen LogP contribution in [0.1, 0.15) is 22.7 Å². The molecule has 0 saturated heterocycles. The maximum Gasteiger partial charge on any atom is 0.247 e. The molecule has 33 heavy (non-hydrogen) atoms. The van der Waals surface area contributed by atoms with Gasteiger partial charge in [-0.25, -0.2) is 0 Å². The first kappa shape index (κ1) is 23.2. The maximum absolute atomic E-state index is 13.3. The van der Waals surface area contributed by atoms with Crippen LogP contribution in [0, 0.1) is 11.3 Å². The van der Waals surface area contributed by atoms with Crippen LogP contribution in [-0.2, 0) is 16.1 Å². The Bertz CT molecular complexity index is 1140. The molecule has 2 N–H and O–H groups in total. The van der Waals surface area contributed by atoms with Crippen molar-refractivity contribution in [1.82, 2.24) is 5.32 Å². The zero-order valence-corrected chi connectivity index (χ0v) is 17.9. The van der Waals surface area contributed by atoms with Gasteiger partial charge < -0.3 is 30.0 Å². The fraction of sp³-hybridized carbons (Fsp3) is 0.160. The van der Waals surface area contributed by atoms with Crippen LogP contribution >= 0.6 is 0 Å². The van der Waals surface area contributed by atoms with Gasteiger partial charge in [0, 0.05) is 17.8 Å². The van der Waals surface area contributed by atoms with Gasteiger partial charge in [0.05, 0.1) is 24.7 Å². The van der Waals surface area contributed by atoms with E-state index < -0.39 is 18.6 Å². The Labute approximate surface area is 191 Å². The van der Waals surface area contributed by atoms with Gasteiger partial charge in [0.2, 0.25) is 5.91 Å². The molecule has 0 aromatic heterocycles. The molecule has 8 heteroatoms. The van der Waals surface area contributed by atoms with Gasteiger partial charge in [-0.15, -0.1) is 0 Å². The van der Waals surface area contributed by atoms with E-state index >= 15 is 0 Å². The van der Waals surface area contributed by atoms with Gasteiger partial charge in [0.25, 0.3) is 0 Å². The molecule has 3 aromatic carbocycles. The van der Waals surface area contributed by atoms with E-state index in [1.165, 1.54) is 13.2 Å². The van der Waals surface area contributed by atoms with E-state index in [2.05, 4.69) is 10.6 Å². The highest BCUT2D eigenvalue weighted by Crippen LogP contribution is 2.32. The summed E-state index contributed by atoms with van der Waals surface area (Å²) in [5.74, 6) is -1.09. The number of amides is 1. The van der Waals surface area contributed by atoms with Crippen LogP contribution in [0.15, 0.2) is 72.8 Å². The minimum absolute atomic E-state index is 0.195. The van der Waals surface area contributed by atoms with E-state index in [4.69, 9.17) is 14.7 Å². The maximum atomic E-state index is 13.3. The fourth-order valence-corrected chi connectivity index (χ4v) is 3.13. The van der Waals surface area contributed by atoms with E-state index in [-0.39, 0.29) is 11.7 Å². The van der Waals surface area contributed by atoms with Gasteiger partial charge in [0.1, 0.15) is 24.1 Å². The van der Waals surface area contributed by atoms with Crippen LogP contribution in [0.25, 0.3) is 0 Å².